The fourth-order valence-electron chi connectivity index (χ4n) is 2.95. The molecule has 2 aromatic carbocycles. The standard InChI is InChI=1S/C19H20BrN3O5S/c20-15-7-6-14(12-16(15)29(26,27)23-8-10-28-11-9-23)19(25)22-17(18(21)24)13-4-2-1-3-5-13/h1-7,12,17H,8-11H2,(H2,21,24)(H,22,25)/t17-/m0/s1. The molecule has 0 unspecified atom stereocenters. The Morgan fingerprint density at radius 2 is 1.76 bits per heavy atom. The number of nitrogens with one attached hydrogen (secondary N) is 1. The molecule has 0 aromatic heterocycles. The van der Waals surface area contributed by atoms with Crippen LogP contribution in [0.2, 0.25) is 0 Å². The van der Waals surface area contributed by atoms with Crippen LogP contribution >= 0.6 is 15.9 Å². The van der Waals surface area contributed by atoms with Crippen LogP contribution < -0.4 is 11.1 Å². The minimum Gasteiger partial charge on any atom is -0.379 e. The smallest absolute Gasteiger partial charge is 0.252 e. The molecule has 3 rings (SSSR count). The van der Waals surface area contributed by atoms with Gasteiger partial charge in [0.25, 0.3) is 5.91 Å². The monoisotopic (exact) mass is 481 g/mol. The Morgan fingerprint density at radius 1 is 1.10 bits per heavy atom. The van der Waals surface area contributed by atoms with E-state index in [0.29, 0.717) is 23.2 Å². The molecule has 1 heterocycles. The van der Waals surface area contributed by atoms with Crippen molar-refractivity contribution in [1.29, 1.82) is 0 Å². The molecular weight excluding hydrogens is 462 g/mol. The molecule has 8 nitrogen and oxygen atoms in total. The molecule has 1 fully saturated rings. The maximum absolute atomic E-state index is 13.0. The van der Waals surface area contributed by atoms with E-state index in [2.05, 4.69) is 21.2 Å². The van der Waals surface area contributed by atoms with Crippen molar-refractivity contribution in [3.63, 3.8) is 0 Å². The number of sulfonamides is 1. The number of ether oxygens (including phenoxy) is 1. The second-order valence-electron chi connectivity index (χ2n) is 6.38. The first kappa shape index (κ1) is 21.4. The Morgan fingerprint density at radius 3 is 2.38 bits per heavy atom. The number of rotatable bonds is 6. The van der Waals surface area contributed by atoms with Crippen LogP contribution in [0, 0.1) is 0 Å². The molecule has 0 bridgehead atoms. The number of amides is 2. The summed E-state index contributed by atoms with van der Waals surface area (Å²) in [6, 6.07) is 11.8. The zero-order valence-corrected chi connectivity index (χ0v) is 17.8. The maximum Gasteiger partial charge on any atom is 0.252 e. The van der Waals surface area contributed by atoms with Crippen molar-refractivity contribution in [2.24, 2.45) is 5.73 Å². The molecule has 0 aliphatic carbocycles. The molecule has 0 radical (unpaired) electrons. The third-order valence-corrected chi connectivity index (χ3v) is 7.37. The lowest BCUT2D eigenvalue weighted by molar-refractivity contribution is -0.120. The first-order valence-electron chi connectivity index (χ1n) is 8.83. The number of hydrogen-bond donors (Lipinski definition) is 2. The third kappa shape index (κ3) is 4.84. The number of benzene rings is 2. The van der Waals surface area contributed by atoms with E-state index in [0.717, 1.165) is 0 Å². The van der Waals surface area contributed by atoms with Gasteiger partial charge in [-0.25, -0.2) is 8.42 Å². The number of carbonyl (C=O) groups excluding carboxylic acids is 2. The number of carbonyl (C=O) groups is 2. The number of primary amides is 1. The van der Waals surface area contributed by atoms with Crippen molar-refractivity contribution >= 4 is 37.8 Å². The number of nitrogens with two attached hydrogens (primary N) is 1. The first-order valence-corrected chi connectivity index (χ1v) is 11.1. The highest BCUT2D eigenvalue weighted by Gasteiger charge is 2.29. The lowest BCUT2D eigenvalue weighted by Crippen LogP contribution is -2.41. The van der Waals surface area contributed by atoms with E-state index < -0.39 is 27.9 Å². The highest BCUT2D eigenvalue weighted by molar-refractivity contribution is 9.10. The van der Waals surface area contributed by atoms with Crippen molar-refractivity contribution in [2.75, 3.05) is 26.3 Å². The molecule has 154 valence electrons. The minimum atomic E-state index is -3.81. The number of hydrogen-bond acceptors (Lipinski definition) is 5. The number of halogens is 1. The Balaban J connectivity index is 1.88. The van der Waals surface area contributed by atoms with Crippen molar-refractivity contribution in [1.82, 2.24) is 9.62 Å². The topological polar surface area (TPSA) is 119 Å². The lowest BCUT2D eigenvalue weighted by Gasteiger charge is -2.26. The van der Waals surface area contributed by atoms with E-state index in [1.54, 1.807) is 30.3 Å². The molecule has 0 saturated carbocycles. The van der Waals surface area contributed by atoms with Crippen molar-refractivity contribution in [3.8, 4) is 0 Å². The van der Waals surface area contributed by atoms with Gasteiger partial charge in [-0.1, -0.05) is 30.3 Å². The largest absolute Gasteiger partial charge is 0.379 e. The average Bonchev–Trinajstić information content (AvgIpc) is 2.73. The maximum atomic E-state index is 13.0. The summed E-state index contributed by atoms with van der Waals surface area (Å²) in [6.07, 6.45) is 0. The van der Waals surface area contributed by atoms with E-state index in [1.807, 2.05) is 0 Å². The van der Waals surface area contributed by atoms with E-state index >= 15 is 0 Å². The number of nitrogens with zero attached hydrogens (tertiary/aromatic N) is 1. The zero-order valence-electron chi connectivity index (χ0n) is 15.4. The quantitative estimate of drug-likeness (QED) is 0.646. The first-order chi connectivity index (χ1) is 13.8. The molecule has 10 heteroatoms. The Kier molecular flexibility index (Phi) is 6.68. The molecule has 1 saturated heterocycles. The molecule has 3 N–H and O–H groups in total. The van der Waals surface area contributed by atoms with Crippen LogP contribution in [0.4, 0.5) is 0 Å². The van der Waals surface area contributed by atoms with Gasteiger partial charge in [0.2, 0.25) is 15.9 Å². The van der Waals surface area contributed by atoms with Gasteiger partial charge in [-0.2, -0.15) is 4.31 Å². The van der Waals surface area contributed by atoms with E-state index in [1.165, 1.54) is 22.5 Å². The SMILES string of the molecule is NC(=O)[C@@H](NC(=O)c1ccc(Br)c(S(=O)(=O)N2CCOCC2)c1)c1ccccc1. The molecule has 2 aromatic rings. The van der Waals surface area contributed by atoms with Gasteiger partial charge in [0.15, 0.2) is 0 Å². The summed E-state index contributed by atoms with van der Waals surface area (Å²) in [4.78, 5) is 24.6. The van der Waals surface area contributed by atoms with E-state index in [9.17, 15) is 18.0 Å². The second kappa shape index (κ2) is 9.04. The molecule has 1 aliphatic rings. The van der Waals surface area contributed by atoms with Crippen molar-refractivity contribution < 1.29 is 22.7 Å². The molecule has 29 heavy (non-hydrogen) atoms. The molecular formula is C19H20BrN3O5S. The van der Waals surface area contributed by atoms with Crippen LogP contribution in [0.25, 0.3) is 0 Å². The van der Waals surface area contributed by atoms with Gasteiger partial charge >= 0.3 is 0 Å². The van der Waals surface area contributed by atoms with Gasteiger partial charge in [-0.3, -0.25) is 9.59 Å². The summed E-state index contributed by atoms with van der Waals surface area (Å²) >= 11 is 3.25. The predicted molar refractivity (Wildman–Crippen MR) is 110 cm³/mol. The fraction of sp³-hybridized carbons (Fsp3) is 0.263. The van der Waals surface area contributed by atoms with Gasteiger partial charge < -0.3 is 15.8 Å². The summed E-state index contributed by atoms with van der Waals surface area (Å²) in [5, 5.41) is 2.57. The van der Waals surface area contributed by atoms with Crippen LogP contribution in [0.1, 0.15) is 22.0 Å². The summed E-state index contributed by atoms with van der Waals surface area (Å²) in [5.74, 6) is -1.33. The molecule has 1 atom stereocenters. The van der Waals surface area contributed by atoms with Gasteiger partial charge in [0, 0.05) is 23.1 Å². The third-order valence-electron chi connectivity index (χ3n) is 4.47. The van der Waals surface area contributed by atoms with Gasteiger partial charge in [0.05, 0.1) is 18.1 Å². The molecule has 1 aliphatic heterocycles. The Bertz CT molecular complexity index is 1010. The van der Waals surface area contributed by atoms with Crippen LogP contribution in [0.5, 0.6) is 0 Å². The second-order valence-corrected chi connectivity index (χ2v) is 9.14. The summed E-state index contributed by atoms with van der Waals surface area (Å²) < 4.78 is 32.8. The summed E-state index contributed by atoms with van der Waals surface area (Å²) in [7, 11) is -3.81. The van der Waals surface area contributed by atoms with Crippen LogP contribution in [0.3, 0.4) is 0 Å². The summed E-state index contributed by atoms with van der Waals surface area (Å²) in [5.41, 5.74) is 6.07. The normalized spacial score (nSPS) is 16.2. The molecule has 2 amide bonds. The van der Waals surface area contributed by atoms with Crippen molar-refractivity contribution in [3.05, 3.63) is 64.1 Å². The lowest BCUT2D eigenvalue weighted by atomic mass is 10.1. The van der Waals surface area contributed by atoms with Crippen LogP contribution in [-0.4, -0.2) is 50.8 Å². The zero-order chi connectivity index (χ0) is 21.0. The van der Waals surface area contributed by atoms with Gasteiger partial charge in [-0.05, 0) is 39.7 Å². The van der Waals surface area contributed by atoms with E-state index in [-0.39, 0.29) is 23.5 Å². The van der Waals surface area contributed by atoms with Crippen molar-refractivity contribution in [2.45, 2.75) is 10.9 Å². The molecule has 0 spiro atoms. The fourth-order valence-corrected chi connectivity index (χ4v) is 5.31. The van der Waals surface area contributed by atoms with E-state index in [4.69, 9.17) is 10.5 Å². The Labute approximate surface area is 177 Å². The van der Waals surface area contributed by atoms with Gasteiger partial charge in [-0.15, -0.1) is 0 Å². The number of morpholine rings is 1. The van der Waals surface area contributed by atoms with Crippen LogP contribution in [0.15, 0.2) is 57.9 Å². The van der Waals surface area contributed by atoms with Gasteiger partial charge in [0.1, 0.15) is 6.04 Å². The highest BCUT2D eigenvalue weighted by atomic mass is 79.9. The minimum absolute atomic E-state index is 0.0256. The summed E-state index contributed by atoms with van der Waals surface area (Å²) in [6.45, 7) is 1.11. The average molecular weight is 482 g/mol. The predicted octanol–water partition coefficient (Wildman–Crippen LogP) is 1.43. The highest BCUT2D eigenvalue weighted by Crippen LogP contribution is 2.27. The van der Waals surface area contributed by atoms with Crippen LogP contribution in [-0.2, 0) is 19.6 Å². The Hall–Kier alpha value is -2.27.